The van der Waals surface area contributed by atoms with Crippen LogP contribution in [0.1, 0.15) is 24.8 Å². The van der Waals surface area contributed by atoms with Crippen molar-refractivity contribution >= 4 is 17.7 Å². The average Bonchev–Trinajstić information content (AvgIpc) is 3.13. The van der Waals surface area contributed by atoms with Gasteiger partial charge in [0.1, 0.15) is 0 Å². The summed E-state index contributed by atoms with van der Waals surface area (Å²) in [7, 11) is 3.16. The molecule has 1 aromatic heterocycles. The third-order valence-electron chi connectivity index (χ3n) is 4.40. The standard InChI is InChI=1S/C20H25N3O4/c1-25-18-8-6-15(11-19(18)26-2)7-9-20(24)22-16-12-21-23(13-16)14-17-5-3-4-10-27-17/h6-9,11-13,17H,3-5,10,14H2,1-2H3,(H,22,24)/b9-7+. The number of nitrogens with zero attached hydrogens (tertiary/aromatic N) is 2. The molecular weight excluding hydrogens is 346 g/mol. The number of hydrogen-bond acceptors (Lipinski definition) is 5. The molecule has 0 aliphatic carbocycles. The van der Waals surface area contributed by atoms with Crippen molar-refractivity contribution in [3.63, 3.8) is 0 Å². The summed E-state index contributed by atoms with van der Waals surface area (Å²) in [6, 6.07) is 5.46. The summed E-state index contributed by atoms with van der Waals surface area (Å²) in [5, 5.41) is 7.11. The molecule has 1 aliphatic heterocycles. The molecule has 1 atom stereocenters. The number of carbonyl (C=O) groups excluding carboxylic acids is 1. The van der Waals surface area contributed by atoms with E-state index in [1.165, 1.54) is 12.5 Å². The molecule has 1 amide bonds. The molecule has 0 saturated carbocycles. The number of aromatic nitrogens is 2. The van der Waals surface area contributed by atoms with Crippen LogP contribution in [0.5, 0.6) is 11.5 Å². The monoisotopic (exact) mass is 371 g/mol. The first kappa shape index (κ1) is 19.0. The molecule has 144 valence electrons. The summed E-state index contributed by atoms with van der Waals surface area (Å²) in [6.07, 6.45) is 10.2. The van der Waals surface area contributed by atoms with E-state index in [0.29, 0.717) is 23.7 Å². The van der Waals surface area contributed by atoms with Crippen LogP contribution < -0.4 is 14.8 Å². The number of methoxy groups -OCH3 is 2. The van der Waals surface area contributed by atoms with Gasteiger partial charge in [-0.2, -0.15) is 5.10 Å². The maximum Gasteiger partial charge on any atom is 0.248 e. The van der Waals surface area contributed by atoms with E-state index in [-0.39, 0.29) is 12.0 Å². The van der Waals surface area contributed by atoms with Crippen LogP contribution in [0.25, 0.3) is 6.08 Å². The second-order valence-electron chi connectivity index (χ2n) is 6.38. The van der Waals surface area contributed by atoms with Crippen LogP contribution in [0.4, 0.5) is 5.69 Å². The summed E-state index contributed by atoms with van der Waals surface area (Å²) in [4.78, 5) is 12.1. The van der Waals surface area contributed by atoms with Crippen LogP contribution in [-0.4, -0.2) is 42.6 Å². The van der Waals surface area contributed by atoms with Crippen LogP contribution in [-0.2, 0) is 16.1 Å². The Morgan fingerprint density at radius 1 is 1.33 bits per heavy atom. The predicted molar refractivity (Wildman–Crippen MR) is 103 cm³/mol. The lowest BCUT2D eigenvalue weighted by Gasteiger charge is -2.22. The second kappa shape index (κ2) is 9.23. The summed E-state index contributed by atoms with van der Waals surface area (Å²) in [6.45, 7) is 1.52. The molecule has 1 N–H and O–H groups in total. The quantitative estimate of drug-likeness (QED) is 0.757. The van der Waals surface area contributed by atoms with Crippen molar-refractivity contribution in [2.75, 3.05) is 26.1 Å². The van der Waals surface area contributed by atoms with Gasteiger partial charge >= 0.3 is 0 Å². The smallest absolute Gasteiger partial charge is 0.248 e. The van der Waals surface area contributed by atoms with Gasteiger partial charge in [0.2, 0.25) is 5.91 Å². The third-order valence-corrected chi connectivity index (χ3v) is 4.40. The first-order valence-corrected chi connectivity index (χ1v) is 9.03. The second-order valence-corrected chi connectivity index (χ2v) is 6.38. The number of benzene rings is 1. The van der Waals surface area contributed by atoms with Gasteiger partial charge in [0.05, 0.1) is 38.8 Å². The Bertz CT molecular complexity index is 794. The SMILES string of the molecule is COc1ccc(/C=C/C(=O)Nc2cnn(CC3CCCCO3)c2)cc1OC. The normalized spacial score (nSPS) is 17.0. The number of hydrogen-bond donors (Lipinski definition) is 1. The van der Waals surface area contributed by atoms with E-state index >= 15 is 0 Å². The summed E-state index contributed by atoms with van der Waals surface area (Å²) in [5.74, 6) is 1.04. The molecule has 0 spiro atoms. The first-order chi connectivity index (χ1) is 13.2. The zero-order valence-electron chi connectivity index (χ0n) is 15.7. The van der Waals surface area contributed by atoms with Gasteiger partial charge in [0, 0.05) is 18.9 Å². The minimum atomic E-state index is -0.224. The highest BCUT2D eigenvalue weighted by molar-refractivity contribution is 6.01. The van der Waals surface area contributed by atoms with E-state index in [4.69, 9.17) is 14.2 Å². The van der Waals surface area contributed by atoms with Crippen molar-refractivity contribution in [1.82, 2.24) is 9.78 Å². The Labute approximate surface area is 158 Å². The van der Waals surface area contributed by atoms with E-state index in [9.17, 15) is 4.79 Å². The first-order valence-electron chi connectivity index (χ1n) is 9.03. The van der Waals surface area contributed by atoms with Crippen molar-refractivity contribution in [1.29, 1.82) is 0 Å². The van der Waals surface area contributed by atoms with Crippen LogP contribution >= 0.6 is 0 Å². The van der Waals surface area contributed by atoms with Gasteiger partial charge in [-0.1, -0.05) is 6.07 Å². The van der Waals surface area contributed by atoms with Crippen LogP contribution in [0, 0.1) is 0 Å². The molecule has 1 aromatic carbocycles. The molecule has 7 nitrogen and oxygen atoms in total. The maximum absolute atomic E-state index is 12.1. The number of carbonyl (C=O) groups is 1. The Morgan fingerprint density at radius 2 is 2.19 bits per heavy atom. The van der Waals surface area contributed by atoms with E-state index in [1.54, 1.807) is 32.6 Å². The van der Waals surface area contributed by atoms with Gasteiger partial charge in [-0.05, 0) is 43.0 Å². The Morgan fingerprint density at radius 3 is 2.93 bits per heavy atom. The van der Waals surface area contributed by atoms with Crippen molar-refractivity contribution in [3.8, 4) is 11.5 Å². The number of anilines is 1. The zero-order chi connectivity index (χ0) is 19.1. The molecule has 2 heterocycles. The van der Waals surface area contributed by atoms with Crippen molar-refractivity contribution in [3.05, 3.63) is 42.2 Å². The van der Waals surface area contributed by atoms with Gasteiger partial charge in [0.25, 0.3) is 0 Å². The number of ether oxygens (including phenoxy) is 3. The molecule has 1 unspecified atom stereocenters. The fourth-order valence-corrected chi connectivity index (χ4v) is 3.00. The topological polar surface area (TPSA) is 74.6 Å². The minimum Gasteiger partial charge on any atom is -0.493 e. The fraction of sp³-hybridized carbons (Fsp3) is 0.400. The Balaban J connectivity index is 1.55. The number of nitrogens with one attached hydrogen (secondary N) is 1. The number of rotatable bonds is 7. The maximum atomic E-state index is 12.1. The van der Waals surface area contributed by atoms with Gasteiger partial charge in [-0.3, -0.25) is 9.48 Å². The highest BCUT2D eigenvalue weighted by Gasteiger charge is 2.15. The predicted octanol–water partition coefficient (Wildman–Crippen LogP) is 3.12. The highest BCUT2D eigenvalue weighted by atomic mass is 16.5. The fourth-order valence-electron chi connectivity index (χ4n) is 3.00. The van der Waals surface area contributed by atoms with Crippen molar-refractivity contribution < 1.29 is 19.0 Å². The van der Waals surface area contributed by atoms with E-state index in [0.717, 1.165) is 25.0 Å². The lowest BCUT2D eigenvalue weighted by atomic mass is 10.1. The molecule has 3 rings (SSSR count). The van der Waals surface area contributed by atoms with Gasteiger partial charge < -0.3 is 19.5 Å². The molecule has 0 radical (unpaired) electrons. The lowest BCUT2D eigenvalue weighted by molar-refractivity contribution is -0.111. The summed E-state index contributed by atoms with van der Waals surface area (Å²) >= 11 is 0. The minimum absolute atomic E-state index is 0.201. The van der Waals surface area contributed by atoms with Crippen LogP contribution in [0.15, 0.2) is 36.7 Å². The average molecular weight is 371 g/mol. The molecule has 1 aliphatic rings. The molecule has 1 fully saturated rings. The van der Waals surface area contributed by atoms with Crippen molar-refractivity contribution in [2.24, 2.45) is 0 Å². The molecule has 0 bridgehead atoms. The van der Waals surface area contributed by atoms with Gasteiger partial charge in [0.15, 0.2) is 11.5 Å². The Hall–Kier alpha value is -2.80. The molecule has 2 aromatic rings. The highest BCUT2D eigenvalue weighted by Crippen LogP contribution is 2.28. The molecule has 27 heavy (non-hydrogen) atoms. The van der Waals surface area contributed by atoms with E-state index in [1.807, 2.05) is 23.0 Å². The lowest BCUT2D eigenvalue weighted by Crippen LogP contribution is -2.24. The molecular formula is C20H25N3O4. The summed E-state index contributed by atoms with van der Waals surface area (Å²) in [5.41, 5.74) is 1.50. The molecule has 1 saturated heterocycles. The van der Waals surface area contributed by atoms with Gasteiger partial charge in [-0.15, -0.1) is 0 Å². The third kappa shape index (κ3) is 5.34. The number of amides is 1. The van der Waals surface area contributed by atoms with Crippen LogP contribution in [0.2, 0.25) is 0 Å². The molecule has 7 heteroatoms. The zero-order valence-corrected chi connectivity index (χ0v) is 15.7. The largest absolute Gasteiger partial charge is 0.493 e. The van der Waals surface area contributed by atoms with Crippen LogP contribution in [0.3, 0.4) is 0 Å². The van der Waals surface area contributed by atoms with E-state index in [2.05, 4.69) is 10.4 Å². The van der Waals surface area contributed by atoms with E-state index < -0.39 is 0 Å². The Kier molecular flexibility index (Phi) is 6.49. The summed E-state index contributed by atoms with van der Waals surface area (Å²) < 4.78 is 18.0. The van der Waals surface area contributed by atoms with Crippen molar-refractivity contribution in [2.45, 2.75) is 31.9 Å². The van der Waals surface area contributed by atoms with Gasteiger partial charge in [-0.25, -0.2) is 0 Å².